The summed E-state index contributed by atoms with van der Waals surface area (Å²) in [6.07, 6.45) is 12.2. The zero-order chi connectivity index (χ0) is 31.2. The topological polar surface area (TPSA) is 132 Å². The maximum atomic E-state index is 12.1. The predicted octanol–water partition coefficient (Wildman–Crippen LogP) is 4.24. The van der Waals surface area contributed by atoms with Crippen LogP contribution in [0, 0.1) is 0 Å². The van der Waals surface area contributed by atoms with Crippen molar-refractivity contribution in [1.82, 2.24) is 25.0 Å². The summed E-state index contributed by atoms with van der Waals surface area (Å²) in [6, 6.07) is -0.558. The van der Waals surface area contributed by atoms with Crippen LogP contribution < -0.4 is 34.1 Å². The number of rotatable bonds is 10. The van der Waals surface area contributed by atoms with Crippen LogP contribution in [0.1, 0.15) is 85.1 Å². The minimum absolute atomic E-state index is 0.0847. The molecule has 2 aromatic heterocycles. The number of unbranched alkanes of at least 4 members (excludes halogenated alkanes) is 2. The van der Waals surface area contributed by atoms with E-state index in [0.29, 0.717) is 19.3 Å². The first kappa shape index (κ1) is 38.3. The molecule has 0 aliphatic rings. The van der Waals surface area contributed by atoms with Gasteiger partial charge in [-0.05, 0) is 25.7 Å². The van der Waals surface area contributed by atoms with Crippen molar-refractivity contribution in [2.45, 2.75) is 90.5 Å². The second kappa shape index (κ2) is 19.4. The van der Waals surface area contributed by atoms with Gasteiger partial charge in [-0.15, -0.1) is 32.0 Å². The molecule has 2 unspecified atom stereocenters. The van der Waals surface area contributed by atoms with E-state index in [0.717, 1.165) is 11.0 Å². The average molecular weight is 689 g/mol. The van der Waals surface area contributed by atoms with E-state index in [1.807, 2.05) is 13.8 Å². The van der Waals surface area contributed by atoms with Crippen molar-refractivity contribution >= 4 is 70.5 Å². The number of nitrogens with zero attached hydrogens (tertiary/aromatic N) is 6. The fraction of sp³-hybridized carbons (Fsp3) is 0.636. The molecule has 40 heavy (non-hydrogen) atoms. The van der Waals surface area contributed by atoms with E-state index >= 15 is 0 Å². The highest BCUT2D eigenvalue weighted by Gasteiger charge is 2.26. The Morgan fingerprint density at radius 2 is 0.825 bits per heavy atom. The molecule has 12 nitrogen and oxygen atoms in total. The Kier molecular flexibility index (Phi) is 18.6. The van der Waals surface area contributed by atoms with Gasteiger partial charge in [-0.2, -0.15) is 0 Å². The van der Waals surface area contributed by atoms with Crippen molar-refractivity contribution in [2.75, 3.05) is 0 Å². The van der Waals surface area contributed by atoms with Crippen molar-refractivity contribution in [2.24, 2.45) is 0 Å². The van der Waals surface area contributed by atoms with E-state index < -0.39 is 45.6 Å². The van der Waals surface area contributed by atoms with Crippen molar-refractivity contribution in [3.63, 3.8) is 0 Å². The molecule has 0 amide bonds. The Bertz CT molecular complexity index is 1320. The summed E-state index contributed by atoms with van der Waals surface area (Å²) in [5, 5.41) is -0.420. The van der Waals surface area contributed by atoms with E-state index in [1.54, 1.807) is 0 Å². The molecule has 0 radical (unpaired) electrons. The van der Waals surface area contributed by atoms with Crippen LogP contribution in [-0.2, 0) is 0 Å². The van der Waals surface area contributed by atoms with Gasteiger partial charge in [-0.3, -0.25) is 0 Å². The average Bonchev–Trinajstić information content (AvgIpc) is 2.94. The quantitative estimate of drug-likeness (QED) is 0.271. The summed E-state index contributed by atoms with van der Waals surface area (Å²) in [5.74, 6) is 0. The lowest BCUT2D eigenvalue weighted by Crippen LogP contribution is -2.52. The van der Waals surface area contributed by atoms with Crippen LogP contribution >= 0.6 is 70.5 Å². The third-order valence-electron chi connectivity index (χ3n) is 5.07. The van der Waals surface area contributed by atoms with Gasteiger partial charge in [0.2, 0.25) is 0 Å². The Hall–Kier alpha value is -1.70. The molecule has 0 fully saturated rings. The fourth-order valence-electron chi connectivity index (χ4n) is 3.08. The summed E-state index contributed by atoms with van der Waals surface area (Å²) in [4.78, 5) is 67.8. The Labute approximate surface area is 260 Å². The highest BCUT2D eigenvalue weighted by Crippen LogP contribution is 2.23. The number of hydrogen-bond acceptors (Lipinski definition) is 6. The van der Waals surface area contributed by atoms with E-state index in [-0.39, 0.29) is 20.4 Å². The summed E-state index contributed by atoms with van der Waals surface area (Å²) in [6.45, 7) is 8.26. The third-order valence-corrected chi connectivity index (χ3v) is 7.02. The highest BCUT2D eigenvalue weighted by atomic mass is 35.5. The first-order valence-corrected chi connectivity index (χ1v) is 14.5. The van der Waals surface area contributed by atoms with E-state index in [4.69, 9.17) is 70.5 Å². The van der Waals surface area contributed by atoms with Gasteiger partial charge in [0.15, 0.2) is 0 Å². The molecule has 2 heterocycles. The molecule has 0 aromatic carbocycles. The lowest BCUT2D eigenvalue weighted by Gasteiger charge is -2.23. The summed E-state index contributed by atoms with van der Waals surface area (Å²) < 4.78 is 1.68. The molecule has 0 N–H and O–H groups in total. The van der Waals surface area contributed by atoms with Crippen LogP contribution in [0.3, 0.4) is 0 Å². The molecule has 2 rings (SSSR count). The molecule has 0 saturated heterocycles. The minimum atomic E-state index is -1.16. The number of alkyl halides is 1. The summed E-state index contributed by atoms with van der Waals surface area (Å²) in [5.41, 5.74) is -6.41. The Morgan fingerprint density at radius 1 is 0.525 bits per heavy atom. The van der Waals surface area contributed by atoms with Crippen LogP contribution in [0.4, 0.5) is 0 Å². The van der Waals surface area contributed by atoms with Gasteiger partial charge in [0.1, 0.15) is 0 Å². The first-order valence-electron chi connectivity index (χ1n) is 12.4. The maximum absolute atomic E-state index is 12.1. The molecule has 0 spiro atoms. The van der Waals surface area contributed by atoms with Crippen LogP contribution in [0.25, 0.3) is 0 Å². The molecular weight excluding hydrogens is 657 g/mol. The molecular formula is C22H32Cl6N6O6. The smallest absolute Gasteiger partial charge is 0.246 e. The van der Waals surface area contributed by atoms with Gasteiger partial charge in [0.05, 0.1) is 11.4 Å². The van der Waals surface area contributed by atoms with Crippen LogP contribution in [0.15, 0.2) is 40.9 Å². The summed E-state index contributed by atoms with van der Waals surface area (Å²) in [7, 11) is 0. The maximum Gasteiger partial charge on any atom is 0.366 e. The first-order chi connectivity index (χ1) is 18.7. The minimum Gasteiger partial charge on any atom is -0.246 e. The van der Waals surface area contributed by atoms with Crippen LogP contribution in [-0.4, -0.2) is 30.4 Å². The van der Waals surface area contributed by atoms with Crippen LogP contribution in [0.5, 0.6) is 0 Å². The van der Waals surface area contributed by atoms with Gasteiger partial charge in [-0.1, -0.05) is 65.5 Å². The van der Waals surface area contributed by atoms with Gasteiger partial charge in [0, 0.05) is 58.9 Å². The Balaban J connectivity index is 0.000000642. The normalized spacial score (nSPS) is 12.3. The second-order valence-electron chi connectivity index (χ2n) is 8.18. The van der Waals surface area contributed by atoms with Crippen LogP contribution in [0.2, 0.25) is 0 Å². The van der Waals surface area contributed by atoms with Gasteiger partial charge in [0.25, 0.3) is 0 Å². The number of allylic oxidation sites excluding steroid dienone is 2. The molecule has 18 heteroatoms. The second-order valence-corrected chi connectivity index (χ2v) is 10.4. The molecule has 2 atom stereocenters. The lowest BCUT2D eigenvalue weighted by atomic mass is 10.0. The standard InChI is InChI=1S/C11H16Cl3N3O3.C8H16.C3Cl3N3O3/c1-3-5-7(12)8(6-4-2)15-9(18)16(13)11(20)17(14)10(15)19;1-3-5-7-8-6-4-2;4-7-1(10)8(5)3(12)9(6)2(7)11/h7-8H,3-6H2,1-2H3;7-8H,3-6H2,1-2H3;/b;8-7+;. The van der Waals surface area contributed by atoms with E-state index in [9.17, 15) is 28.8 Å². The largest absolute Gasteiger partial charge is 0.366 e. The van der Waals surface area contributed by atoms with Gasteiger partial charge >= 0.3 is 34.1 Å². The molecule has 2 aromatic rings. The van der Waals surface area contributed by atoms with Gasteiger partial charge in [-0.25, -0.2) is 33.3 Å². The SMILES string of the molecule is CCC/C=C/CCC.CCCC(Cl)C(CCC)n1c(=O)n(Cl)c(=O)n(Cl)c1=O.O=c1n(Cl)c(=O)n(Cl)c(=O)n1Cl. The zero-order valence-corrected chi connectivity index (χ0v) is 26.9. The predicted molar refractivity (Wildman–Crippen MR) is 162 cm³/mol. The lowest BCUT2D eigenvalue weighted by molar-refractivity contribution is 0.384. The highest BCUT2D eigenvalue weighted by molar-refractivity contribution is 6.21. The number of hydrogen-bond donors (Lipinski definition) is 0. The fourth-order valence-corrected chi connectivity index (χ4v) is 4.46. The van der Waals surface area contributed by atoms with E-state index in [1.165, 1.54) is 25.7 Å². The zero-order valence-electron chi connectivity index (χ0n) is 22.4. The number of halogens is 6. The molecule has 0 aliphatic carbocycles. The monoisotopic (exact) mass is 686 g/mol. The molecule has 0 bridgehead atoms. The number of aromatic nitrogens is 6. The molecule has 0 aliphatic heterocycles. The van der Waals surface area contributed by atoms with Gasteiger partial charge < -0.3 is 0 Å². The molecule has 228 valence electrons. The van der Waals surface area contributed by atoms with E-state index in [2.05, 4.69) is 26.0 Å². The third kappa shape index (κ3) is 10.6. The van der Waals surface area contributed by atoms with Crippen molar-refractivity contribution in [3.8, 4) is 0 Å². The van der Waals surface area contributed by atoms with Crippen molar-refractivity contribution < 1.29 is 0 Å². The summed E-state index contributed by atoms with van der Waals surface area (Å²) >= 11 is 32.7. The molecule has 0 saturated carbocycles. The van der Waals surface area contributed by atoms with Crippen molar-refractivity contribution in [3.05, 3.63) is 75.1 Å². The Morgan fingerprint density at radius 3 is 1.10 bits per heavy atom. The van der Waals surface area contributed by atoms with Crippen molar-refractivity contribution in [1.29, 1.82) is 0 Å².